The molecule has 18 heavy (non-hydrogen) atoms. The van der Waals surface area contributed by atoms with Gasteiger partial charge < -0.3 is 14.8 Å². The number of aromatic nitrogens is 1. The maximum Gasteiger partial charge on any atom is 0.352 e. The van der Waals surface area contributed by atoms with Crippen molar-refractivity contribution >= 4 is 30.0 Å². The van der Waals surface area contributed by atoms with E-state index in [4.69, 9.17) is 21.4 Å². The van der Waals surface area contributed by atoms with Crippen LogP contribution in [0, 0.1) is 0 Å². The fraction of sp³-hybridized carbons (Fsp3) is 0.0833. The van der Waals surface area contributed by atoms with Crippen LogP contribution in [0.4, 0.5) is 0 Å². The van der Waals surface area contributed by atoms with Gasteiger partial charge in [0.25, 0.3) is 0 Å². The number of nitrogens with one attached hydrogen (secondary N) is 1. The van der Waals surface area contributed by atoms with Gasteiger partial charge in [0.15, 0.2) is 0 Å². The van der Waals surface area contributed by atoms with Gasteiger partial charge in [-0.15, -0.1) is 12.4 Å². The molecule has 0 unspecified atom stereocenters. The van der Waals surface area contributed by atoms with Crippen molar-refractivity contribution in [2.45, 2.75) is 0 Å². The SMILES string of the molecule is COc1ccc(Cl)cc1-c1ccc(C(=O)O)[nH]1.Cl. The minimum atomic E-state index is -1.00. The molecule has 0 atom stereocenters. The molecule has 2 N–H and O–H groups in total. The molecule has 0 aliphatic carbocycles. The van der Waals surface area contributed by atoms with Crippen LogP contribution in [0.1, 0.15) is 10.5 Å². The number of ether oxygens (including phenoxy) is 1. The van der Waals surface area contributed by atoms with E-state index in [-0.39, 0.29) is 18.1 Å². The molecule has 0 amide bonds. The summed E-state index contributed by atoms with van der Waals surface area (Å²) in [7, 11) is 1.55. The number of carboxylic acid groups (broad SMARTS) is 1. The molecule has 1 heterocycles. The van der Waals surface area contributed by atoms with Gasteiger partial charge in [-0.1, -0.05) is 11.6 Å². The van der Waals surface area contributed by atoms with Crippen molar-refractivity contribution in [3.8, 4) is 17.0 Å². The molecule has 6 heteroatoms. The molecule has 0 aliphatic rings. The molecule has 0 aliphatic heterocycles. The lowest BCUT2D eigenvalue weighted by Gasteiger charge is -2.07. The van der Waals surface area contributed by atoms with E-state index in [1.165, 1.54) is 6.07 Å². The highest BCUT2D eigenvalue weighted by Gasteiger charge is 2.11. The summed E-state index contributed by atoms with van der Waals surface area (Å²) in [5, 5.41) is 9.40. The average Bonchev–Trinajstić information content (AvgIpc) is 2.78. The first-order valence-electron chi connectivity index (χ1n) is 4.88. The second-order valence-corrected chi connectivity index (χ2v) is 3.87. The van der Waals surface area contributed by atoms with E-state index in [1.807, 2.05) is 0 Å². The molecular formula is C12H11Cl2NO3. The van der Waals surface area contributed by atoms with Crippen molar-refractivity contribution in [2.75, 3.05) is 7.11 Å². The fourth-order valence-corrected chi connectivity index (χ4v) is 1.74. The molecule has 96 valence electrons. The van der Waals surface area contributed by atoms with Gasteiger partial charge >= 0.3 is 5.97 Å². The second kappa shape index (κ2) is 5.80. The van der Waals surface area contributed by atoms with Crippen LogP contribution in [0.25, 0.3) is 11.3 Å². The third-order valence-corrected chi connectivity index (χ3v) is 2.60. The van der Waals surface area contributed by atoms with Crippen LogP contribution >= 0.6 is 24.0 Å². The van der Waals surface area contributed by atoms with Gasteiger partial charge in [0.2, 0.25) is 0 Å². The van der Waals surface area contributed by atoms with E-state index in [0.717, 1.165) is 5.56 Å². The van der Waals surface area contributed by atoms with Gasteiger partial charge in [0.05, 0.1) is 7.11 Å². The van der Waals surface area contributed by atoms with E-state index in [9.17, 15) is 4.79 Å². The Bertz CT molecular complexity index is 566. The summed E-state index contributed by atoms with van der Waals surface area (Å²) < 4.78 is 5.20. The van der Waals surface area contributed by atoms with Crippen LogP contribution in [-0.4, -0.2) is 23.2 Å². The quantitative estimate of drug-likeness (QED) is 0.909. The van der Waals surface area contributed by atoms with Gasteiger partial charge in [-0.3, -0.25) is 0 Å². The lowest BCUT2D eigenvalue weighted by Crippen LogP contribution is -1.96. The molecule has 4 nitrogen and oxygen atoms in total. The van der Waals surface area contributed by atoms with E-state index in [1.54, 1.807) is 31.4 Å². The topological polar surface area (TPSA) is 62.3 Å². The monoisotopic (exact) mass is 287 g/mol. The Morgan fingerprint density at radius 2 is 2.06 bits per heavy atom. The number of halogens is 2. The van der Waals surface area contributed by atoms with Gasteiger partial charge in [-0.05, 0) is 30.3 Å². The van der Waals surface area contributed by atoms with Crippen LogP contribution in [0.15, 0.2) is 30.3 Å². The number of rotatable bonds is 3. The smallest absolute Gasteiger partial charge is 0.352 e. The Kier molecular flexibility index (Phi) is 4.64. The van der Waals surface area contributed by atoms with Crippen LogP contribution < -0.4 is 4.74 Å². The first-order valence-corrected chi connectivity index (χ1v) is 5.26. The molecule has 0 radical (unpaired) electrons. The Morgan fingerprint density at radius 1 is 1.33 bits per heavy atom. The van der Waals surface area contributed by atoms with E-state index < -0.39 is 5.97 Å². The predicted octanol–water partition coefficient (Wildman–Crippen LogP) is 3.46. The number of benzene rings is 1. The Hall–Kier alpha value is -1.65. The maximum absolute atomic E-state index is 10.8. The molecule has 2 rings (SSSR count). The van der Waals surface area contributed by atoms with Crippen molar-refractivity contribution in [3.63, 3.8) is 0 Å². The summed E-state index contributed by atoms with van der Waals surface area (Å²) in [5.41, 5.74) is 1.51. The summed E-state index contributed by atoms with van der Waals surface area (Å²) in [5.74, 6) is -0.370. The molecular weight excluding hydrogens is 277 g/mol. The van der Waals surface area contributed by atoms with Crippen LogP contribution in [0.5, 0.6) is 5.75 Å². The summed E-state index contributed by atoms with van der Waals surface area (Å²) in [6, 6.07) is 8.34. The van der Waals surface area contributed by atoms with Gasteiger partial charge in [-0.2, -0.15) is 0 Å². The highest BCUT2D eigenvalue weighted by molar-refractivity contribution is 6.31. The van der Waals surface area contributed by atoms with Gasteiger partial charge in [0, 0.05) is 16.3 Å². The van der Waals surface area contributed by atoms with Gasteiger partial charge in [0.1, 0.15) is 11.4 Å². The molecule has 0 saturated heterocycles. The largest absolute Gasteiger partial charge is 0.496 e. The summed E-state index contributed by atoms with van der Waals surface area (Å²) >= 11 is 5.91. The molecule has 0 saturated carbocycles. The Balaban J connectivity index is 0.00000162. The van der Waals surface area contributed by atoms with Crippen molar-refractivity contribution < 1.29 is 14.6 Å². The third kappa shape index (κ3) is 2.78. The van der Waals surface area contributed by atoms with Crippen LogP contribution in [0.2, 0.25) is 5.02 Å². The van der Waals surface area contributed by atoms with E-state index in [2.05, 4.69) is 4.98 Å². The van der Waals surface area contributed by atoms with Crippen LogP contribution in [-0.2, 0) is 0 Å². The number of hydrogen-bond acceptors (Lipinski definition) is 2. The number of methoxy groups -OCH3 is 1. The zero-order chi connectivity index (χ0) is 12.4. The zero-order valence-corrected chi connectivity index (χ0v) is 11.0. The number of aromatic amines is 1. The molecule has 1 aromatic heterocycles. The van der Waals surface area contributed by atoms with Crippen molar-refractivity contribution in [1.82, 2.24) is 4.98 Å². The second-order valence-electron chi connectivity index (χ2n) is 3.44. The molecule has 2 aromatic rings. The lowest BCUT2D eigenvalue weighted by atomic mass is 10.1. The minimum Gasteiger partial charge on any atom is -0.496 e. The Labute approximate surface area is 115 Å². The lowest BCUT2D eigenvalue weighted by molar-refractivity contribution is 0.0691. The standard InChI is InChI=1S/C12H10ClNO3.ClH/c1-17-11-5-2-7(13)6-8(11)9-3-4-10(14-9)12(15)16;/h2-6,14H,1H3,(H,15,16);1H. The third-order valence-electron chi connectivity index (χ3n) is 2.37. The Morgan fingerprint density at radius 3 is 2.61 bits per heavy atom. The van der Waals surface area contributed by atoms with E-state index >= 15 is 0 Å². The highest BCUT2D eigenvalue weighted by atomic mass is 35.5. The summed E-state index contributed by atoms with van der Waals surface area (Å²) in [6.45, 7) is 0. The summed E-state index contributed by atoms with van der Waals surface area (Å²) in [4.78, 5) is 13.6. The molecule has 0 bridgehead atoms. The van der Waals surface area contributed by atoms with Crippen molar-refractivity contribution in [1.29, 1.82) is 0 Å². The van der Waals surface area contributed by atoms with Crippen molar-refractivity contribution in [3.05, 3.63) is 41.0 Å². The average molecular weight is 288 g/mol. The molecule has 0 fully saturated rings. The van der Waals surface area contributed by atoms with Gasteiger partial charge in [-0.25, -0.2) is 4.79 Å². The molecule has 1 aromatic carbocycles. The summed E-state index contributed by atoms with van der Waals surface area (Å²) in [6.07, 6.45) is 0. The zero-order valence-electron chi connectivity index (χ0n) is 9.44. The number of hydrogen-bond donors (Lipinski definition) is 2. The molecule has 0 spiro atoms. The predicted molar refractivity (Wildman–Crippen MR) is 72.0 cm³/mol. The minimum absolute atomic E-state index is 0. The first kappa shape index (κ1) is 14.4. The van der Waals surface area contributed by atoms with E-state index in [0.29, 0.717) is 16.5 Å². The normalized spacial score (nSPS) is 9.67. The number of carboxylic acids is 1. The number of carbonyl (C=O) groups is 1. The maximum atomic E-state index is 10.8. The fourth-order valence-electron chi connectivity index (χ4n) is 1.57. The number of H-pyrrole nitrogens is 1. The first-order chi connectivity index (χ1) is 8.11. The number of aromatic carboxylic acids is 1. The van der Waals surface area contributed by atoms with Crippen molar-refractivity contribution in [2.24, 2.45) is 0 Å². The van der Waals surface area contributed by atoms with Crippen LogP contribution in [0.3, 0.4) is 0 Å². The highest BCUT2D eigenvalue weighted by Crippen LogP contribution is 2.31.